The third kappa shape index (κ3) is 2.73. The highest BCUT2D eigenvalue weighted by atomic mass is 15.3. The summed E-state index contributed by atoms with van der Waals surface area (Å²) in [6.07, 6.45) is 5.15. The van der Waals surface area contributed by atoms with Gasteiger partial charge in [0, 0.05) is 24.7 Å². The van der Waals surface area contributed by atoms with Gasteiger partial charge in [-0.15, -0.1) is 0 Å². The van der Waals surface area contributed by atoms with Crippen molar-refractivity contribution in [3.05, 3.63) is 0 Å². The SMILES string of the molecule is CCCC1CN(CC)C(CC)(CC)CN1. The molecular formula is C13H28N2. The summed E-state index contributed by atoms with van der Waals surface area (Å²) in [7, 11) is 0. The smallest absolute Gasteiger partial charge is 0.0329 e. The Bertz CT molecular complexity index is 175. The number of nitrogens with one attached hydrogen (secondary N) is 1. The Hall–Kier alpha value is -0.0800. The van der Waals surface area contributed by atoms with Crippen LogP contribution in [0.3, 0.4) is 0 Å². The zero-order chi connectivity index (χ0) is 11.3. The Morgan fingerprint density at radius 3 is 2.33 bits per heavy atom. The molecule has 2 heteroatoms. The fraction of sp³-hybridized carbons (Fsp3) is 1.00. The first kappa shape index (κ1) is 13.0. The average Bonchev–Trinajstić information content (AvgIpc) is 2.29. The van der Waals surface area contributed by atoms with Crippen molar-refractivity contribution < 1.29 is 0 Å². The van der Waals surface area contributed by atoms with Gasteiger partial charge in [0.05, 0.1) is 0 Å². The van der Waals surface area contributed by atoms with Gasteiger partial charge in [-0.3, -0.25) is 4.90 Å². The van der Waals surface area contributed by atoms with Crippen LogP contribution in [0.5, 0.6) is 0 Å². The molecule has 2 nitrogen and oxygen atoms in total. The van der Waals surface area contributed by atoms with Gasteiger partial charge in [-0.05, 0) is 25.8 Å². The summed E-state index contributed by atoms with van der Waals surface area (Å²) in [5, 5.41) is 3.74. The average molecular weight is 212 g/mol. The Morgan fingerprint density at radius 2 is 1.87 bits per heavy atom. The van der Waals surface area contributed by atoms with E-state index in [0.29, 0.717) is 5.54 Å². The molecule has 1 heterocycles. The van der Waals surface area contributed by atoms with Crippen molar-refractivity contribution >= 4 is 0 Å². The summed E-state index contributed by atoms with van der Waals surface area (Å²) >= 11 is 0. The minimum absolute atomic E-state index is 0.430. The molecule has 1 atom stereocenters. The molecule has 0 aromatic carbocycles. The second-order valence-electron chi connectivity index (χ2n) is 4.84. The Morgan fingerprint density at radius 1 is 1.20 bits per heavy atom. The lowest BCUT2D eigenvalue weighted by Crippen LogP contribution is -2.64. The molecule has 0 aliphatic carbocycles. The second kappa shape index (κ2) is 5.86. The van der Waals surface area contributed by atoms with Crippen LogP contribution < -0.4 is 5.32 Å². The largest absolute Gasteiger partial charge is 0.311 e. The van der Waals surface area contributed by atoms with Crippen LogP contribution in [0, 0.1) is 0 Å². The first-order valence-electron chi connectivity index (χ1n) is 6.70. The Balaban J connectivity index is 2.63. The summed E-state index contributed by atoms with van der Waals surface area (Å²) in [6, 6.07) is 0.723. The van der Waals surface area contributed by atoms with E-state index < -0.39 is 0 Å². The van der Waals surface area contributed by atoms with E-state index in [-0.39, 0.29) is 0 Å². The van der Waals surface area contributed by atoms with Gasteiger partial charge in [0.1, 0.15) is 0 Å². The van der Waals surface area contributed by atoms with E-state index in [0.717, 1.165) is 6.04 Å². The lowest BCUT2D eigenvalue weighted by Gasteiger charge is -2.49. The first-order chi connectivity index (χ1) is 7.22. The Labute approximate surface area is 95.4 Å². The van der Waals surface area contributed by atoms with Crippen molar-refractivity contribution in [2.45, 2.75) is 65.0 Å². The molecule has 1 aliphatic rings. The zero-order valence-corrected chi connectivity index (χ0v) is 11.0. The summed E-state index contributed by atoms with van der Waals surface area (Å²) in [4.78, 5) is 2.70. The minimum Gasteiger partial charge on any atom is -0.311 e. The standard InChI is InChI=1S/C13H28N2/c1-5-9-12-10-15(8-4)13(6-2,7-3)11-14-12/h12,14H,5-11H2,1-4H3. The fourth-order valence-corrected chi connectivity index (χ4v) is 2.92. The molecular weight excluding hydrogens is 184 g/mol. The Kier molecular flexibility index (Phi) is 5.07. The molecule has 0 aromatic rings. The van der Waals surface area contributed by atoms with E-state index in [1.165, 1.54) is 45.3 Å². The molecule has 0 bridgehead atoms. The van der Waals surface area contributed by atoms with Crippen molar-refractivity contribution in [1.29, 1.82) is 0 Å². The van der Waals surface area contributed by atoms with Gasteiger partial charge in [-0.1, -0.05) is 34.1 Å². The number of hydrogen-bond acceptors (Lipinski definition) is 2. The molecule has 1 fully saturated rings. The zero-order valence-electron chi connectivity index (χ0n) is 11.0. The predicted octanol–water partition coefficient (Wildman–Crippen LogP) is 2.64. The lowest BCUT2D eigenvalue weighted by molar-refractivity contribution is 0.0347. The minimum atomic E-state index is 0.430. The molecule has 90 valence electrons. The van der Waals surface area contributed by atoms with Crippen LogP contribution in [0.15, 0.2) is 0 Å². The van der Waals surface area contributed by atoms with Crippen LogP contribution in [0.1, 0.15) is 53.4 Å². The fourth-order valence-electron chi connectivity index (χ4n) is 2.92. The highest BCUT2D eigenvalue weighted by Crippen LogP contribution is 2.27. The van der Waals surface area contributed by atoms with E-state index >= 15 is 0 Å². The third-order valence-electron chi connectivity index (χ3n) is 4.17. The highest BCUT2D eigenvalue weighted by molar-refractivity contribution is 4.96. The number of hydrogen-bond donors (Lipinski definition) is 1. The van der Waals surface area contributed by atoms with Crippen LogP contribution in [0.2, 0.25) is 0 Å². The first-order valence-corrected chi connectivity index (χ1v) is 6.70. The molecule has 1 unspecified atom stereocenters. The number of rotatable bonds is 5. The lowest BCUT2D eigenvalue weighted by atomic mass is 9.86. The molecule has 0 saturated carbocycles. The maximum Gasteiger partial charge on any atom is 0.0329 e. The predicted molar refractivity (Wildman–Crippen MR) is 67.3 cm³/mol. The van der Waals surface area contributed by atoms with Crippen molar-refractivity contribution in [3.8, 4) is 0 Å². The molecule has 15 heavy (non-hydrogen) atoms. The van der Waals surface area contributed by atoms with E-state index in [1.807, 2.05) is 0 Å². The van der Waals surface area contributed by atoms with Crippen LogP contribution in [-0.2, 0) is 0 Å². The van der Waals surface area contributed by atoms with Gasteiger partial charge in [0.15, 0.2) is 0 Å². The molecule has 1 aliphatic heterocycles. The normalized spacial score (nSPS) is 26.8. The van der Waals surface area contributed by atoms with Gasteiger partial charge in [-0.25, -0.2) is 0 Å². The van der Waals surface area contributed by atoms with Crippen molar-refractivity contribution in [2.75, 3.05) is 19.6 Å². The molecule has 0 aromatic heterocycles. The maximum absolute atomic E-state index is 3.74. The van der Waals surface area contributed by atoms with E-state index in [9.17, 15) is 0 Å². The molecule has 1 rings (SSSR count). The number of likely N-dealkylation sites (N-methyl/N-ethyl adjacent to an activating group) is 1. The number of piperazine rings is 1. The highest BCUT2D eigenvalue weighted by Gasteiger charge is 2.37. The third-order valence-corrected chi connectivity index (χ3v) is 4.17. The second-order valence-corrected chi connectivity index (χ2v) is 4.84. The van der Waals surface area contributed by atoms with Gasteiger partial charge >= 0.3 is 0 Å². The molecule has 0 radical (unpaired) electrons. The summed E-state index contributed by atoms with van der Waals surface area (Å²) in [5.74, 6) is 0. The number of nitrogens with zero attached hydrogens (tertiary/aromatic N) is 1. The van der Waals surface area contributed by atoms with E-state index in [1.54, 1.807) is 0 Å². The van der Waals surface area contributed by atoms with Gasteiger partial charge in [0.25, 0.3) is 0 Å². The van der Waals surface area contributed by atoms with E-state index in [2.05, 4.69) is 37.9 Å². The van der Waals surface area contributed by atoms with Crippen LogP contribution in [-0.4, -0.2) is 36.1 Å². The molecule has 0 spiro atoms. The molecule has 0 amide bonds. The van der Waals surface area contributed by atoms with Gasteiger partial charge in [0.2, 0.25) is 0 Å². The van der Waals surface area contributed by atoms with Crippen LogP contribution in [0.4, 0.5) is 0 Å². The van der Waals surface area contributed by atoms with Crippen molar-refractivity contribution in [1.82, 2.24) is 10.2 Å². The quantitative estimate of drug-likeness (QED) is 0.753. The maximum atomic E-state index is 3.74. The molecule has 1 N–H and O–H groups in total. The summed E-state index contributed by atoms with van der Waals surface area (Å²) < 4.78 is 0. The topological polar surface area (TPSA) is 15.3 Å². The summed E-state index contributed by atoms with van der Waals surface area (Å²) in [6.45, 7) is 12.9. The van der Waals surface area contributed by atoms with Crippen molar-refractivity contribution in [3.63, 3.8) is 0 Å². The molecule has 1 saturated heterocycles. The van der Waals surface area contributed by atoms with Crippen LogP contribution >= 0.6 is 0 Å². The van der Waals surface area contributed by atoms with Gasteiger partial charge < -0.3 is 5.32 Å². The van der Waals surface area contributed by atoms with Gasteiger partial charge in [-0.2, -0.15) is 0 Å². The van der Waals surface area contributed by atoms with E-state index in [4.69, 9.17) is 0 Å². The summed E-state index contributed by atoms with van der Waals surface area (Å²) in [5.41, 5.74) is 0.430. The van der Waals surface area contributed by atoms with Crippen LogP contribution in [0.25, 0.3) is 0 Å². The monoisotopic (exact) mass is 212 g/mol. The van der Waals surface area contributed by atoms with Crippen molar-refractivity contribution in [2.24, 2.45) is 0 Å².